The number of rotatable bonds is 9. The molecule has 1 aromatic rings. The molecule has 0 saturated carbocycles. The molecule has 0 fully saturated rings. The summed E-state index contributed by atoms with van der Waals surface area (Å²) in [5.41, 5.74) is -0.0347. The molecule has 7 heteroatoms. The molecule has 106 valence electrons. The molecule has 0 aromatic carbocycles. The Morgan fingerprint density at radius 3 is 2.84 bits per heavy atom. The van der Waals surface area contributed by atoms with E-state index in [1.54, 1.807) is 13.1 Å². The van der Waals surface area contributed by atoms with Crippen molar-refractivity contribution in [3.05, 3.63) is 22.2 Å². The Bertz CT molecular complexity index is 412. The second kappa shape index (κ2) is 8.25. The van der Waals surface area contributed by atoms with Gasteiger partial charge in [0.15, 0.2) is 0 Å². The van der Waals surface area contributed by atoms with Gasteiger partial charge in [0.2, 0.25) is 5.82 Å². The predicted molar refractivity (Wildman–Crippen MR) is 74.7 cm³/mol. The summed E-state index contributed by atoms with van der Waals surface area (Å²) in [4.78, 5) is 14.5. The van der Waals surface area contributed by atoms with Crippen LogP contribution in [0.15, 0.2) is 12.1 Å². The second-order valence-electron chi connectivity index (χ2n) is 3.96. The summed E-state index contributed by atoms with van der Waals surface area (Å²) in [5, 5.41) is 16.6. The Labute approximate surface area is 112 Å². The van der Waals surface area contributed by atoms with Gasteiger partial charge in [0.1, 0.15) is 5.82 Å². The maximum Gasteiger partial charge on any atom is 0.311 e. The first kappa shape index (κ1) is 15.2. The van der Waals surface area contributed by atoms with Crippen molar-refractivity contribution in [2.45, 2.75) is 19.8 Å². The highest BCUT2D eigenvalue weighted by Gasteiger charge is 2.15. The van der Waals surface area contributed by atoms with E-state index >= 15 is 0 Å². The smallest absolute Gasteiger partial charge is 0.311 e. The number of unbranched alkanes of at least 4 members (excludes halogenated alkanes) is 1. The van der Waals surface area contributed by atoms with Crippen LogP contribution in [-0.2, 0) is 4.74 Å². The Kier molecular flexibility index (Phi) is 6.59. The molecular formula is C12H20N4O3. The van der Waals surface area contributed by atoms with Crippen LogP contribution in [0.2, 0.25) is 0 Å². The van der Waals surface area contributed by atoms with E-state index in [2.05, 4.69) is 22.5 Å². The summed E-state index contributed by atoms with van der Waals surface area (Å²) in [5.74, 6) is 0.843. The van der Waals surface area contributed by atoms with Gasteiger partial charge < -0.3 is 15.4 Å². The van der Waals surface area contributed by atoms with Gasteiger partial charge in [-0.2, -0.15) is 0 Å². The summed E-state index contributed by atoms with van der Waals surface area (Å²) < 4.78 is 5.38. The lowest BCUT2D eigenvalue weighted by molar-refractivity contribution is -0.384. The fourth-order valence-corrected chi connectivity index (χ4v) is 1.46. The molecule has 0 radical (unpaired) electrons. The van der Waals surface area contributed by atoms with E-state index in [1.165, 1.54) is 6.07 Å². The van der Waals surface area contributed by atoms with Crippen molar-refractivity contribution in [2.75, 3.05) is 37.4 Å². The van der Waals surface area contributed by atoms with Crippen LogP contribution in [0.3, 0.4) is 0 Å². The summed E-state index contributed by atoms with van der Waals surface area (Å²) in [6, 6.07) is 3.00. The van der Waals surface area contributed by atoms with Crippen LogP contribution in [0, 0.1) is 10.1 Å². The van der Waals surface area contributed by atoms with Gasteiger partial charge in [0.05, 0.1) is 11.5 Å². The van der Waals surface area contributed by atoms with Gasteiger partial charge in [-0.15, -0.1) is 0 Å². The molecule has 0 aliphatic rings. The van der Waals surface area contributed by atoms with Gasteiger partial charge in [-0.3, -0.25) is 10.1 Å². The zero-order valence-corrected chi connectivity index (χ0v) is 11.3. The SMILES string of the molecule is CCCCOCCNc1nc(NC)ccc1[N+](=O)[O-]. The molecule has 0 amide bonds. The summed E-state index contributed by atoms with van der Waals surface area (Å²) in [7, 11) is 1.71. The van der Waals surface area contributed by atoms with Crippen LogP contribution in [0.25, 0.3) is 0 Å². The second-order valence-corrected chi connectivity index (χ2v) is 3.96. The summed E-state index contributed by atoms with van der Waals surface area (Å²) in [6.45, 7) is 3.80. The van der Waals surface area contributed by atoms with Crippen LogP contribution in [0.1, 0.15) is 19.8 Å². The largest absolute Gasteiger partial charge is 0.380 e. The average molecular weight is 268 g/mol. The molecule has 1 aromatic heterocycles. The van der Waals surface area contributed by atoms with Gasteiger partial charge in [-0.1, -0.05) is 13.3 Å². The van der Waals surface area contributed by atoms with E-state index in [4.69, 9.17) is 4.74 Å². The number of nitrogens with zero attached hydrogens (tertiary/aromatic N) is 2. The number of anilines is 2. The minimum absolute atomic E-state index is 0.0347. The van der Waals surface area contributed by atoms with E-state index in [1.807, 2.05) is 0 Å². The van der Waals surface area contributed by atoms with Crippen molar-refractivity contribution >= 4 is 17.3 Å². The highest BCUT2D eigenvalue weighted by Crippen LogP contribution is 2.23. The summed E-state index contributed by atoms with van der Waals surface area (Å²) >= 11 is 0. The van der Waals surface area contributed by atoms with Crippen LogP contribution in [0.5, 0.6) is 0 Å². The van der Waals surface area contributed by atoms with E-state index in [0.29, 0.717) is 25.6 Å². The number of nitrogens with one attached hydrogen (secondary N) is 2. The van der Waals surface area contributed by atoms with Gasteiger partial charge in [0.25, 0.3) is 0 Å². The topological polar surface area (TPSA) is 89.3 Å². The summed E-state index contributed by atoms with van der Waals surface area (Å²) in [6.07, 6.45) is 2.11. The minimum Gasteiger partial charge on any atom is -0.380 e. The lowest BCUT2D eigenvalue weighted by Crippen LogP contribution is -2.12. The van der Waals surface area contributed by atoms with Gasteiger partial charge in [0, 0.05) is 26.3 Å². The molecule has 1 rings (SSSR count). The third-order valence-corrected chi connectivity index (χ3v) is 2.51. The van der Waals surface area contributed by atoms with Crippen molar-refractivity contribution in [1.82, 2.24) is 4.98 Å². The Balaban J connectivity index is 2.52. The number of aromatic nitrogens is 1. The van der Waals surface area contributed by atoms with E-state index in [0.717, 1.165) is 12.8 Å². The first-order valence-corrected chi connectivity index (χ1v) is 6.33. The molecule has 0 aliphatic heterocycles. The van der Waals surface area contributed by atoms with Crippen molar-refractivity contribution in [2.24, 2.45) is 0 Å². The average Bonchev–Trinajstić information content (AvgIpc) is 2.42. The maximum absolute atomic E-state index is 10.9. The standard InChI is InChI=1S/C12H20N4O3/c1-3-4-8-19-9-7-14-12-10(16(17)18)5-6-11(13-2)15-12/h5-6H,3-4,7-9H2,1-2H3,(H2,13,14,15). The highest BCUT2D eigenvalue weighted by atomic mass is 16.6. The van der Waals surface area contributed by atoms with Crippen LogP contribution < -0.4 is 10.6 Å². The van der Waals surface area contributed by atoms with Crippen molar-refractivity contribution < 1.29 is 9.66 Å². The first-order chi connectivity index (χ1) is 9.19. The van der Waals surface area contributed by atoms with E-state index in [-0.39, 0.29) is 11.5 Å². The first-order valence-electron chi connectivity index (χ1n) is 6.33. The van der Waals surface area contributed by atoms with Crippen molar-refractivity contribution in [3.8, 4) is 0 Å². The Morgan fingerprint density at radius 2 is 2.21 bits per heavy atom. The lowest BCUT2D eigenvalue weighted by atomic mass is 10.3. The molecule has 0 aliphatic carbocycles. The molecule has 0 atom stereocenters. The Hall–Kier alpha value is -1.89. The van der Waals surface area contributed by atoms with Crippen molar-refractivity contribution in [3.63, 3.8) is 0 Å². The number of nitro groups is 1. The lowest BCUT2D eigenvalue weighted by Gasteiger charge is -2.08. The molecule has 0 spiro atoms. The third kappa shape index (κ3) is 5.09. The monoisotopic (exact) mass is 268 g/mol. The molecular weight excluding hydrogens is 248 g/mol. The van der Waals surface area contributed by atoms with E-state index < -0.39 is 4.92 Å². The quantitative estimate of drug-likeness (QED) is 0.405. The number of hydrogen-bond acceptors (Lipinski definition) is 6. The fraction of sp³-hybridized carbons (Fsp3) is 0.583. The molecule has 0 unspecified atom stereocenters. The zero-order chi connectivity index (χ0) is 14.1. The number of pyridine rings is 1. The fourth-order valence-electron chi connectivity index (χ4n) is 1.46. The van der Waals surface area contributed by atoms with Crippen LogP contribution >= 0.6 is 0 Å². The minimum atomic E-state index is -0.452. The van der Waals surface area contributed by atoms with E-state index in [9.17, 15) is 10.1 Å². The molecule has 2 N–H and O–H groups in total. The Morgan fingerprint density at radius 1 is 1.42 bits per heavy atom. The third-order valence-electron chi connectivity index (χ3n) is 2.51. The molecule has 19 heavy (non-hydrogen) atoms. The molecule has 0 saturated heterocycles. The maximum atomic E-state index is 10.9. The number of hydrogen-bond donors (Lipinski definition) is 2. The predicted octanol–water partition coefficient (Wildman–Crippen LogP) is 2.26. The normalized spacial score (nSPS) is 10.2. The van der Waals surface area contributed by atoms with Crippen LogP contribution in [-0.4, -0.2) is 36.7 Å². The van der Waals surface area contributed by atoms with Crippen LogP contribution in [0.4, 0.5) is 17.3 Å². The van der Waals surface area contributed by atoms with Gasteiger partial charge >= 0.3 is 5.69 Å². The number of ether oxygens (including phenoxy) is 1. The molecule has 1 heterocycles. The molecule has 0 bridgehead atoms. The van der Waals surface area contributed by atoms with Gasteiger partial charge in [-0.25, -0.2) is 4.98 Å². The van der Waals surface area contributed by atoms with Crippen molar-refractivity contribution in [1.29, 1.82) is 0 Å². The molecule has 7 nitrogen and oxygen atoms in total. The van der Waals surface area contributed by atoms with Gasteiger partial charge in [-0.05, 0) is 12.5 Å². The highest BCUT2D eigenvalue weighted by molar-refractivity contribution is 5.60. The zero-order valence-electron chi connectivity index (χ0n) is 11.3.